The van der Waals surface area contributed by atoms with E-state index in [2.05, 4.69) is 30.9 Å². The molecule has 2 rings (SSSR count). The average Bonchev–Trinajstić information content (AvgIpc) is 2.65. The molecule has 0 unspecified atom stereocenters. The van der Waals surface area contributed by atoms with Crippen molar-refractivity contribution in [2.45, 2.75) is 13.8 Å². The summed E-state index contributed by atoms with van der Waals surface area (Å²) in [5.41, 5.74) is 7.22. The highest BCUT2D eigenvalue weighted by atomic mass is 16.3. The number of aliphatic imine (C=N–C) groups is 1. The topological polar surface area (TPSA) is 138 Å². The zero-order chi connectivity index (χ0) is 19.8. The third kappa shape index (κ3) is 5.43. The Labute approximate surface area is 157 Å². The first-order chi connectivity index (χ1) is 13.0. The Morgan fingerprint density at radius 2 is 2.11 bits per heavy atom. The molecule has 142 valence electrons. The Morgan fingerprint density at radius 3 is 2.78 bits per heavy atom. The number of carbonyl (C=O) groups excluding carboxylic acids is 1. The van der Waals surface area contributed by atoms with E-state index in [1.54, 1.807) is 19.2 Å². The highest BCUT2D eigenvalue weighted by molar-refractivity contribution is 6.01. The average molecular weight is 369 g/mol. The monoisotopic (exact) mass is 369 g/mol. The number of rotatable bonds is 7. The van der Waals surface area contributed by atoms with E-state index in [4.69, 9.17) is 5.73 Å². The number of amides is 1. The second-order valence-electron chi connectivity index (χ2n) is 5.53. The van der Waals surface area contributed by atoms with E-state index in [0.29, 0.717) is 29.7 Å². The summed E-state index contributed by atoms with van der Waals surface area (Å²) < 4.78 is 0. The van der Waals surface area contributed by atoms with Crippen LogP contribution in [0.4, 0.5) is 17.5 Å². The minimum absolute atomic E-state index is 0.0748. The van der Waals surface area contributed by atoms with Crippen LogP contribution in [0, 0.1) is 6.92 Å². The number of nitrogens with one attached hydrogen (secondary N) is 3. The van der Waals surface area contributed by atoms with Crippen molar-refractivity contribution >= 4 is 29.6 Å². The molecule has 1 aromatic heterocycles. The molecule has 9 heteroatoms. The van der Waals surface area contributed by atoms with E-state index in [0.717, 1.165) is 5.69 Å². The van der Waals surface area contributed by atoms with Gasteiger partial charge in [-0.1, -0.05) is 0 Å². The van der Waals surface area contributed by atoms with Crippen LogP contribution in [-0.4, -0.2) is 40.8 Å². The zero-order valence-electron chi connectivity index (χ0n) is 15.4. The van der Waals surface area contributed by atoms with Gasteiger partial charge >= 0.3 is 0 Å². The first-order valence-corrected chi connectivity index (χ1v) is 8.33. The number of hydrogen-bond acceptors (Lipinski definition) is 8. The van der Waals surface area contributed by atoms with E-state index in [-0.39, 0.29) is 11.3 Å². The van der Waals surface area contributed by atoms with Crippen molar-refractivity contribution in [3.8, 4) is 5.75 Å². The molecular weight excluding hydrogens is 346 g/mol. The Balaban J connectivity index is 2.24. The van der Waals surface area contributed by atoms with Gasteiger partial charge < -0.3 is 26.8 Å². The predicted octanol–water partition coefficient (Wildman–Crippen LogP) is 1.90. The Bertz CT molecular complexity index is 878. The Morgan fingerprint density at radius 1 is 1.33 bits per heavy atom. The van der Waals surface area contributed by atoms with Crippen LogP contribution >= 0.6 is 0 Å². The van der Waals surface area contributed by atoms with Crippen molar-refractivity contribution < 1.29 is 9.90 Å². The second-order valence-corrected chi connectivity index (χ2v) is 5.53. The van der Waals surface area contributed by atoms with Crippen LogP contribution in [0.1, 0.15) is 23.0 Å². The number of phenolic OH excluding ortho intramolecular Hbond substituents is 1. The quantitative estimate of drug-likeness (QED) is 0.371. The van der Waals surface area contributed by atoms with Crippen molar-refractivity contribution in [1.82, 2.24) is 15.3 Å². The molecule has 9 nitrogen and oxygen atoms in total. The number of phenols is 1. The molecule has 0 saturated heterocycles. The molecule has 0 saturated carbocycles. The van der Waals surface area contributed by atoms with Gasteiger partial charge in [-0.2, -0.15) is 4.98 Å². The van der Waals surface area contributed by atoms with Crippen molar-refractivity contribution in [3.63, 3.8) is 0 Å². The number of hydrogen-bond donors (Lipinski definition) is 5. The molecule has 0 fully saturated rings. The van der Waals surface area contributed by atoms with Crippen molar-refractivity contribution in [1.29, 1.82) is 0 Å². The second kappa shape index (κ2) is 9.18. The standard InChI is InChI=1S/C18H23N7O2/c1-4-21-10-13(9-19)23-17(27)14-8-12(5-6-15(14)26)24-18-22-11(2)7-16(20-3)25-18/h5-10,26H,4,19H2,1-3H3,(H,23,27)(H2,20,22,24,25)/b13-9+,21-10?. The van der Waals surface area contributed by atoms with Crippen LogP contribution in [0.2, 0.25) is 0 Å². The van der Waals surface area contributed by atoms with E-state index >= 15 is 0 Å². The lowest BCUT2D eigenvalue weighted by molar-refractivity contribution is 0.0965. The lowest BCUT2D eigenvalue weighted by Crippen LogP contribution is -2.24. The number of allylic oxidation sites excluding steroid dienone is 1. The van der Waals surface area contributed by atoms with Crippen molar-refractivity contribution in [2.24, 2.45) is 10.7 Å². The summed E-state index contributed by atoms with van der Waals surface area (Å²) in [4.78, 5) is 25.1. The maximum Gasteiger partial charge on any atom is 0.259 e. The van der Waals surface area contributed by atoms with Gasteiger partial charge in [0.05, 0.1) is 11.3 Å². The van der Waals surface area contributed by atoms with Gasteiger partial charge in [-0.15, -0.1) is 0 Å². The predicted molar refractivity (Wildman–Crippen MR) is 106 cm³/mol. The maximum absolute atomic E-state index is 12.5. The molecule has 1 aromatic carbocycles. The first kappa shape index (κ1) is 19.7. The number of anilines is 3. The summed E-state index contributed by atoms with van der Waals surface area (Å²) in [6, 6.07) is 6.34. The summed E-state index contributed by atoms with van der Waals surface area (Å²) >= 11 is 0. The van der Waals surface area contributed by atoms with Gasteiger partial charge in [-0.25, -0.2) is 4.98 Å². The van der Waals surface area contributed by atoms with Crippen molar-refractivity contribution in [3.05, 3.63) is 47.4 Å². The minimum Gasteiger partial charge on any atom is -0.507 e. The highest BCUT2D eigenvalue weighted by Gasteiger charge is 2.13. The summed E-state index contributed by atoms with van der Waals surface area (Å²) in [7, 11) is 1.76. The summed E-state index contributed by atoms with van der Waals surface area (Å²) in [6.45, 7) is 4.27. The van der Waals surface area contributed by atoms with Gasteiger partial charge in [0.2, 0.25) is 5.95 Å². The van der Waals surface area contributed by atoms with E-state index < -0.39 is 5.91 Å². The van der Waals surface area contributed by atoms with Crippen LogP contribution in [0.15, 0.2) is 41.2 Å². The number of nitrogens with two attached hydrogens (primary N) is 1. The van der Waals surface area contributed by atoms with Crippen LogP contribution in [0.5, 0.6) is 5.75 Å². The van der Waals surface area contributed by atoms with E-state index in [9.17, 15) is 9.90 Å². The Hall–Kier alpha value is -3.62. The fourth-order valence-corrected chi connectivity index (χ4v) is 2.18. The molecule has 0 aliphatic rings. The number of aromatic hydroxyl groups is 1. The van der Waals surface area contributed by atoms with Crippen LogP contribution in [-0.2, 0) is 0 Å². The normalized spacial score (nSPS) is 11.4. The van der Waals surface area contributed by atoms with Gasteiger partial charge in [0.1, 0.15) is 11.6 Å². The van der Waals surface area contributed by atoms with Gasteiger partial charge in [0.15, 0.2) is 0 Å². The zero-order valence-corrected chi connectivity index (χ0v) is 15.4. The molecule has 0 bridgehead atoms. The van der Waals surface area contributed by atoms with Crippen LogP contribution in [0.3, 0.4) is 0 Å². The van der Waals surface area contributed by atoms with E-state index in [1.165, 1.54) is 24.5 Å². The Kier molecular flexibility index (Phi) is 6.70. The largest absolute Gasteiger partial charge is 0.507 e. The van der Waals surface area contributed by atoms with Crippen LogP contribution < -0.4 is 21.7 Å². The molecule has 6 N–H and O–H groups in total. The lowest BCUT2D eigenvalue weighted by atomic mass is 10.1. The first-order valence-electron chi connectivity index (χ1n) is 8.33. The minimum atomic E-state index is -0.517. The number of carbonyl (C=O) groups is 1. The fourth-order valence-electron chi connectivity index (χ4n) is 2.18. The van der Waals surface area contributed by atoms with Crippen molar-refractivity contribution in [2.75, 3.05) is 24.2 Å². The molecule has 2 aromatic rings. The van der Waals surface area contributed by atoms with Gasteiger partial charge in [0, 0.05) is 43.5 Å². The molecule has 0 spiro atoms. The van der Waals surface area contributed by atoms with Crippen LogP contribution in [0.25, 0.3) is 0 Å². The molecule has 1 heterocycles. The summed E-state index contributed by atoms with van der Waals surface area (Å²) in [5, 5.41) is 18.6. The molecule has 27 heavy (non-hydrogen) atoms. The molecule has 0 aliphatic carbocycles. The SMILES string of the molecule is CCN=C/C(=C\N)NC(=O)c1cc(Nc2nc(C)cc(NC)n2)ccc1O. The van der Waals surface area contributed by atoms with E-state index in [1.807, 2.05) is 13.8 Å². The number of nitrogens with zero attached hydrogens (tertiary/aromatic N) is 3. The molecule has 0 radical (unpaired) electrons. The fraction of sp³-hybridized carbons (Fsp3) is 0.222. The number of aryl methyl sites for hydroxylation is 1. The highest BCUT2D eigenvalue weighted by Crippen LogP contribution is 2.24. The molecule has 0 atom stereocenters. The van der Waals surface area contributed by atoms with Gasteiger partial charge in [-0.3, -0.25) is 9.79 Å². The third-order valence-corrected chi connectivity index (χ3v) is 3.46. The number of benzene rings is 1. The van der Waals surface area contributed by atoms with Gasteiger partial charge in [0.25, 0.3) is 5.91 Å². The maximum atomic E-state index is 12.5. The molecule has 0 aliphatic heterocycles. The molecular formula is C18H23N7O2. The number of aromatic nitrogens is 2. The summed E-state index contributed by atoms with van der Waals surface area (Å²) in [6.07, 6.45) is 2.69. The van der Waals surface area contributed by atoms with Gasteiger partial charge in [-0.05, 0) is 32.0 Å². The third-order valence-electron chi connectivity index (χ3n) is 3.46. The smallest absolute Gasteiger partial charge is 0.259 e. The molecule has 1 amide bonds. The summed E-state index contributed by atoms with van der Waals surface area (Å²) in [5.74, 6) is 0.350. The lowest BCUT2D eigenvalue weighted by Gasteiger charge is -2.11.